The van der Waals surface area contributed by atoms with Crippen molar-refractivity contribution in [1.82, 2.24) is 19.8 Å². The van der Waals surface area contributed by atoms with Crippen LogP contribution in [0.5, 0.6) is 0 Å². The normalized spacial score (nSPS) is 19.2. The molecule has 1 aliphatic carbocycles. The number of rotatable bonds is 8. The van der Waals surface area contributed by atoms with Crippen molar-refractivity contribution < 1.29 is 13.2 Å². The van der Waals surface area contributed by atoms with Crippen LogP contribution in [-0.2, 0) is 22.9 Å². The summed E-state index contributed by atoms with van der Waals surface area (Å²) in [6, 6.07) is 12.6. The first-order chi connectivity index (χ1) is 16.9. The van der Waals surface area contributed by atoms with Crippen LogP contribution in [0.3, 0.4) is 0 Å². The van der Waals surface area contributed by atoms with E-state index in [2.05, 4.69) is 38.8 Å². The summed E-state index contributed by atoms with van der Waals surface area (Å²) in [5.41, 5.74) is 3.79. The molecule has 0 unspecified atom stereocenters. The van der Waals surface area contributed by atoms with E-state index >= 15 is 0 Å². The molecule has 1 amide bonds. The first-order valence-corrected chi connectivity index (χ1v) is 14.3. The maximum atomic E-state index is 12.9. The smallest absolute Gasteiger partial charge is 0.251 e. The molecular weight excluding hydrogens is 460 g/mol. The largest absolute Gasteiger partial charge is 0.346 e. The molecule has 3 aromatic rings. The van der Waals surface area contributed by atoms with Crippen LogP contribution in [0.25, 0.3) is 10.9 Å². The molecule has 3 heterocycles. The van der Waals surface area contributed by atoms with Crippen molar-refractivity contribution in [2.75, 3.05) is 12.3 Å². The third-order valence-electron chi connectivity index (χ3n) is 7.37. The SMILES string of the molecule is CCS(=O)(=O)c1ccc(CNC(=O)c2ccc3c(c2)cc(CN2CCCC[C@H]2C)n3C2CC2)nc1. The molecule has 2 aliphatic rings. The van der Waals surface area contributed by atoms with Gasteiger partial charge >= 0.3 is 0 Å². The number of amides is 1. The zero-order valence-electron chi connectivity index (χ0n) is 20.5. The molecule has 1 saturated heterocycles. The second-order valence-electron chi connectivity index (χ2n) is 9.90. The lowest BCUT2D eigenvalue weighted by Crippen LogP contribution is -2.37. The standard InChI is InChI=1S/C27H34N4O3S/c1-3-35(33,34)25-11-8-22(28-17-25)16-29-27(32)20-7-12-26-21(14-20)15-24(31(26)23-9-10-23)18-30-13-5-4-6-19(30)2/h7-8,11-12,14-15,17,19,23H,3-6,9-10,13,16,18H2,1-2H3,(H,29,32)/t19-/m1/s1. The van der Waals surface area contributed by atoms with Crippen molar-refractivity contribution in [3.63, 3.8) is 0 Å². The van der Waals surface area contributed by atoms with Gasteiger partial charge in [-0.25, -0.2) is 8.42 Å². The summed E-state index contributed by atoms with van der Waals surface area (Å²) in [6.45, 7) is 6.29. The number of aromatic nitrogens is 2. The summed E-state index contributed by atoms with van der Waals surface area (Å²) in [6.07, 6.45) is 7.65. The van der Waals surface area contributed by atoms with E-state index < -0.39 is 9.84 Å². The Morgan fingerprint density at radius 2 is 1.94 bits per heavy atom. The molecular formula is C27H34N4O3S. The molecule has 1 aliphatic heterocycles. The summed E-state index contributed by atoms with van der Waals surface area (Å²) in [5, 5.41) is 4.02. The molecule has 5 rings (SSSR count). The van der Waals surface area contributed by atoms with Gasteiger partial charge in [0.15, 0.2) is 9.84 Å². The van der Waals surface area contributed by atoms with Gasteiger partial charge in [-0.1, -0.05) is 13.3 Å². The van der Waals surface area contributed by atoms with E-state index in [-0.39, 0.29) is 23.1 Å². The minimum atomic E-state index is -3.28. The molecule has 0 bridgehead atoms. The van der Waals surface area contributed by atoms with Crippen LogP contribution in [0.1, 0.15) is 73.7 Å². The predicted octanol–water partition coefficient (Wildman–Crippen LogP) is 4.47. The van der Waals surface area contributed by atoms with Crippen molar-refractivity contribution in [3.05, 3.63) is 59.5 Å². The van der Waals surface area contributed by atoms with Crippen LogP contribution in [0, 0.1) is 0 Å². The van der Waals surface area contributed by atoms with E-state index in [1.54, 1.807) is 19.1 Å². The van der Waals surface area contributed by atoms with Crippen LogP contribution in [-0.4, -0.2) is 47.1 Å². The molecule has 2 aromatic heterocycles. The van der Waals surface area contributed by atoms with E-state index in [0.717, 1.165) is 18.5 Å². The number of benzene rings is 1. The topological polar surface area (TPSA) is 84.3 Å². The molecule has 8 heteroatoms. The van der Waals surface area contributed by atoms with Crippen LogP contribution in [0.4, 0.5) is 0 Å². The van der Waals surface area contributed by atoms with E-state index in [4.69, 9.17) is 0 Å². The molecule has 186 valence electrons. The van der Waals surface area contributed by atoms with Gasteiger partial charge in [0.05, 0.1) is 22.9 Å². The fourth-order valence-electron chi connectivity index (χ4n) is 5.06. The van der Waals surface area contributed by atoms with Gasteiger partial charge in [-0.2, -0.15) is 0 Å². The van der Waals surface area contributed by atoms with Gasteiger partial charge in [0.1, 0.15) is 0 Å². The average molecular weight is 495 g/mol. The van der Waals surface area contributed by atoms with Gasteiger partial charge in [-0.05, 0) is 75.5 Å². The van der Waals surface area contributed by atoms with Crippen molar-refractivity contribution in [2.24, 2.45) is 0 Å². The Kier molecular flexibility index (Phi) is 6.68. The molecule has 7 nitrogen and oxygen atoms in total. The number of likely N-dealkylation sites (tertiary alicyclic amines) is 1. The zero-order chi connectivity index (χ0) is 24.6. The van der Waals surface area contributed by atoms with E-state index in [0.29, 0.717) is 23.3 Å². The van der Waals surface area contributed by atoms with E-state index in [9.17, 15) is 13.2 Å². The van der Waals surface area contributed by atoms with Crippen molar-refractivity contribution >= 4 is 26.6 Å². The second kappa shape index (κ2) is 9.74. The van der Waals surface area contributed by atoms with E-state index in [1.165, 1.54) is 49.5 Å². The molecule has 35 heavy (non-hydrogen) atoms. The Labute approximate surface area is 207 Å². The highest BCUT2D eigenvalue weighted by molar-refractivity contribution is 7.91. The summed E-state index contributed by atoms with van der Waals surface area (Å²) in [4.78, 5) is 19.9. The second-order valence-corrected chi connectivity index (χ2v) is 12.2. The van der Waals surface area contributed by atoms with Crippen LogP contribution >= 0.6 is 0 Å². The zero-order valence-corrected chi connectivity index (χ0v) is 21.4. The first kappa shape index (κ1) is 24.0. The highest BCUT2D eigenvalue weighted by Gasteiger charge is 2.29. The van der Waals surface area contributed by atoms with Gasteiger partial charge in [0, 0.05) is 47.0 Å². The number of pyridine rings is 1. The maximum Gasteiger partial charge on any atom is 0.251 e. The highest BCUT2D eigenvalue weighted by atomic mass is 32.2. The van der Waals surface area contributed by atoms with Crippen molar-refractivity contribution in [3.8, 4) is 0 Å². The lowest BCUT2D eigenvalue weighted by Gasteiger charge is -2.33. The summed E-state index contributed by atoms with van der Waals surface area (Å²) >= 11 is 0. The van der Waals surface area contributed by atoms with Gasteiger partial charge in [0.25, 0.3) is 5.91 Å². The van der Waals surface area contributed by atoms with E-state index in [1.807, 2.05) is 12.1 Å². The number of sulfone groups is 1. The van der Waals surface area contributed by atoms with Gasteiger partial charge in [-0.3, -0.25) is 14.7 Å². The molecule has 1 atom stereocenters. The third-order valence-corrected chi connectivity index (χ3v) is 9.09. The minimum absolute atomic E-state index is 0.0362. The number of nitrogens with zero attached hydrogens (tertiary/aromatic N) is 3. The molecule has 0 spiro atoms. The monoisotopic (exact) mass is 494 g/mol. The molecule has 1 saturated carbocycles. The first-order valence-electron chi connectivity index (χ1n) is 12.7. The molecule has 0 radical (unpaired) electrons. The van der Waals surface area contributed by atoms with Gasteiger partial charge < -0.3 is 9.88 Å². The average Bonchev–Trinajstić information content (AvgIpc) is 3.64. The minimum Gasteiger partial charge on any atom is -0.346 e. The quantitative estimate of drug-likeness (QED) is 0.500. The Balaban J connectivity index is 1.31. The number of hydrogen-bond donors (Lipinski definition) is 1. The lowest BCUT2D eigenvalue weighted by atomic mass is 10.0. The van der Waals surface area contributed by atoms with Gasteiger partial charge in [0.2, 0.25) is 0 Å². The third kappa shape index (κ3) is 5.14. The molecule has 1 N–H and O–H groups in total. The Morgan fingerprint density at radius 3 is 2.63 bits per heavy atom. The molecule has 2 fully saturated rings. The number of nitrogens with one attached hydrogen (secondary N) is 1. The summed E-state index contributed by atoms with van der Waals surface area (Å²) < 4.78 is 26.4. The molecule has 1 aromatic carbocycles. The van der Waals surface area contributed by atoms with Gasteiger partial charge in [-0.15, -0.1) is 0 Å². The fourth-order valence-corrected chi connectivity index (χ4v) is 5.88. The number of hydrogen-bond acceptors (Lipinski definition) is 5. The Morgan fingerprint density at radius 1 is 1.11 bits per heavy atom. The number of carbonyl (C=O) groups is 1. The Hall–Kier alpha value is -2.71. The van der Waals surface area contributed by atoms with Crippen LogP contribution in [0.2, 0.25) is 0 Å². The summed E-state index contributed by atoms with van der Waals surface area (Å²) in [7, 11) is -3.28. The number of piperidine rings is 1. The Bertz CT molecular complexity index is 1330. The lowest BCUT2D eigenvalue weighted by molar-refractivity contribution is 0.0950. The number of carbonyl (C=O) groups excluding carboxylic acids is 1. The van der Waals surface area contributed by atoms with Crippen molar-refractivity contribution in [2.45, 2.75) is 76.0 Å². The van der Waals surface area contributed by atoms with Crippen LogP contribution in [0.15, 0.2) is 47.5 Å². The maximum absolute atomic E-state index is 12.9. The predicted molar refractivity (Wildman–Crippen MR) is 137 cm³/mol. The van der Waals surface area contributed by atoms with Crippen molar-refractivity contribution in [1.29, 1.82) is 0 Å². The number of fused-ring (bicyclic) bond motifs is 1. The van der Waals surface area contributed by atoms with Crippen LogP contribution < -0.4 is 5.32 Å². The summed E-state index contributed by atoms with van der Waals surface area (Å²) in [5.74, 6) is -0.126. The fraction of sp³-hybridized carbons (Fsp3) is 0.481. The highest BCUT2D eigenvalue weighted by Crippen LogP contribution is 2.40.